The summed E-state index contributed by atoms with van der Waals surface area (Å²) in [7, 11) is 0. The molecule has 4 heterocycles. The molecule has 0 amide bonds. The third-order valence-electron chi connectivity index (χ3n) is 7.52. The zero-order chi connectivity index (χ0) is 21.6. The lowest BCUT2D eigenvalue weighted by atomic mass is 9.71. The molecule has 0 aliphatic carbocycles. The number of aliphatic hydroxyl groups is 1. The molecule has 0 radical (unpaired) electrons. The van der Waals surface area contributed by atoms with Crippen molar-refractivity contribution < 1.29 is 9.59 Å². The summed E-state index contributed by atoms with van der Waals surface area (Å²) in [6.45, 7) is 7.00. The van der Waals surface area contributed by atoms with Crippen LogP contribution in [0.2, 0.25) is 10.0 Å². The molecular formula is C26H27Cl2N2O+. The van der Waals surface area contributed by atoms with E-state index in [1.807, 2.05) is 42.6 Å². The largest absolute Gasteiger partial charge is 0.382 e. The van der Waals surface area contributed by atoms with Crippen molar-refractivity contribution in [2.75, 3.05) is 13.1 Å². The minimum Gasteiger partial charge on any atom is -0.382 e. The standard InChI is InChI=1S/C26H27Cl2N2O/c1-2-18-16-30(15-17-7-8-22(27)23(28)13-17)12-10-19(18)14-25(30)26(31)21-9-11-29-24-6-4-3-5-20(21)24/h2-9,11,13,18-19,25-26,31H,1,10,12,14-16H2/q+1/t18-,19-,25+,26-,30?/m0/s1. The molecule has 2 bridgehead atoms. The predicted octanol–water partition coefficient (Wildman–Crippen LogP) is 6.19. The number of aliphatic hydroxyl groups excluding tert-OH is 1. The first-order valence-electron chi connectivity index (χ1n) is 10.9. The molecule has 31 heavy (non-hydrogen) atoms. The van der Waals surface area contributed by atoms with E-state index in [4.69, 9.17) is 23.2 Å². The summed E-state index contributed by atoms with van der Waals surface area (Å²) in [6, 6.07) is 16.1. The van der Waals surface area contributed by atoms with Crippen LogP contribution >= 0.6 is 23.2 Å². The van der Waals surface area contributed by atoms with Crippen LogP contribution < -0.4 is 0 Å². The average Bonchev–Trinajstić information content (AvgIpc) is 2.80. The van der Waals surface area contributed by atoms with Gasteiger partial charge in [0.2, 0.25) is 0 Å². The summed E-state index contributed by atoms with van der Waals surface area (Å²) in [5.74, 6) is 1.06. The van der Waals surface area contributed by atoms with Crippen LogP contribution in [0.25, 0.3) is 10.9 Å². The molecule has 160 valence electrons. The highest BCUT2D eigenvalue weighted by Crippen LogP contribution is 2.48. The van der Waals surface area contributed by atoms with E-state index >= 15 is 0 Å². The minimum atomic E-state index is -0.552. The first-order valence-corrected chi connectivity index (χ1v) is 11.7. The lowest BCUT2D eigenvalue weighted by Crippen LogP contribution is -2.67. The molecule has 5 heteroatoms. The number of aromatic nitrogens is 1. The van der Waals surface area contributed by atoms with Gasteiger partial charge in [0.05, 0.1) is 28.7 Å². The van der Waals surface area contributed by atoms with Gasteiger partial charge in [-0.3, -0.25) is 4.98 Å². The number of hydrogen-bond donors (Lipinski definition) is 1. The van der Waals surface area contributed by atoms with Crippen LogP contribution in [0, 0.1) is 11.8 Å². The molecule has 3 fully saturated rings. The van der Waals surface area contributed by atoms with Crippen molar-refractivity contribution in [3.63, 3.8) is 0 Å². The Kier molecular flexibility index (Phi) is 5.56. The number of hydrogen-bond acceptors (Lipinski definition) is 2. The number of benzene rings is 2. The zero-order valence-corrected chi connectivity index (χ0v) is 18.9. The second-order valence-corrected chi connectivity index (χ2v) is 9.96. The maximum atomic E-state index is 11.7. The van der Waals surface area contributed by atoms with Gasteiger partial charge in [0.1, 0.15) is 18.7 Å². The molecule has 1 unspecified atom stereocenters. The van der Waals surface area contributed by atoms with E-state index in [1.165, 1.54) is 6.42 Å². The second-order valence-electron chi connectivity index (χ2n) is 9.14. The van der Waals surface area contributed by atoms with Gasteiger partial charge >= 0.3 is 0 Å². The van der Waals surface area contributed by atoms with E-state index in [1.54, 1.807) is 0 Å². The minimum absolute atomic E-state index is 0.121. The lowest BCUT2D eigenvalue weighted by molar-refractivity contribution is -0.984. The Labute approximate surface area is 193 Å². The van der Waals surface area contributed by atoms with Crippen molar-refractivity contribution in [2.24, 2.45) is 11.8 Å². The van der Waals surface area contributed by atoms with Crippen LogP contribution in [0.4, 0.5) is 0 Å². The number of piperidine rings is 3. The molecule has 0 spiro atoms. The van der Waals surface area contributed by atoms with E-state index in [0.717, 1.165) is 52.6 Å². The average molecular weight is 454 g/mol. The van der Waals surface area contributed by atoms with Gasteiger partial charge in [-0.2, -0.15) is 0 Å². The SMILES string of the molecule is C=C[C@H]1C[N+]2(Cc3ccc(Cl)c(Cl)c3)CC[C@H]1C[C@@H]2[C@@H](O)c1ccnc2ccccc12. The third kappa shape index (κ3) is 3.68. The molecule has 2 aromatic carbocycles. The number of fused-ring (bicyclic) bond motifs is 4. The highest BCUT2D eigenvalue weighted by atomic mass is 35.5. The lowest BCUT2D eigenvalue weighted by Gasteiger charge is -2.58. The van der Waals surface area contributed by atoms with Crippen molar-refractivity contribution in [2.45, 2.75) is 31.5 Å². The Balaban J connectivity index is 1.55. The maximum Gasteiger partial charge on any atom is 0.131 e. The highest BCUT2D eigenvalue weighted by molar-refractivity contribution is 6.42. The molecular weight excluding hydrogens is 427 g/mol. The summed E-state index contributed by atoms with van der Waals surface area (Å²) in [5.41, 5.74) is 3.06. The van der Waals surface area contributed by atoms with Gasteiger partial charge in [0.25, 0.3) is 0 Å². The van der Waals surface area contributed by atoms with Crippen molar-refractivity contribution in [1.82, 2.24) is 4.98 Å². The van der Waals surface area contributed by atoms with E-state index in [9.17, 15) is 5.11 Å². The fraction of sp³-hybridized carbons (Fsp3) is 0.346. The van der Waals surface area contributed by atoms with E-state index in [0.29, 0.717) is 21.9 Å². The fourth-order valence-electron chi connectivity index (χ4n) is 5.97. The Morgan fingerprint density at radius 3 is 2.81 bits per heavy atom. The molecule has 1 aromatic heterocycles. The van der Waals surface area contributed by atoms with Gasteiger partial charge < -0.3 is 9.59 Å². The second kappa shape index (κ2) is 8.22. The summed E-state index contributed by atoms with van der Waals surface area (Å²) >= 11 is 12.5. The Hall–Kier alpha value is -1.91. The molecule has 3 saturated heterocycles. The predicted molar refractivity (Wildman–Crippen MR) is 127 cm³/mol. The summed E-state index contributed by atoms with van der Waals surface area (Å²) in [5, 5.41) is 13.9. The van der Waals surface area contributed by atoms with Gasteiger partial charge in [0, 0.05) is 35.9 Å². The van der Waals surface area contributed by atoms with Crippen LogP contribution in [-0.2, 0) is 6.54 Å². The van der Waals surface area contributed by atoms with E-state index < -0.39 is 6.10 Å². The zero-order valence-electron chi connectivity index (χ0n) is 17.4. The van der Waals surface area contributed by atoms with Crippen molar-refractivity contribution in [1.29, 1.82) is 0 Å². The number of quaternary nitrogens is 1. The summed E-state index contributed by atoms with van der Waals surface area (Å²) in [6.07, 6.45) is 5.54. The third-order valence-corrected chi connectivity index (χ3v) is 8.26. The van der Waals surface area contributed by atoms with Crippen molar-refractivity contribution in [3.05, 3.63) is 88.6 Å². The molecule has 1 N–H and O–H groups in total. The molecule has 6 rings (SSSR count). The van der Waals surface area contributed by atoms with Gasteiger partial charge in [-0.05, 0) is 35.7 Å². The number of rotatable bonds is 5. The van der Waals surface area contributed by atoms with Crippen LogP contribution in [0.5, 0.6) is 0 Å². The first-order chi connectivity index (χ1) is 15.0. The number of para-hydroxylation sites is 1. The summed E-state index contributed by atoms with van der Waals surface area (Å²) < 4.78 is 0.850. The molecule has 3 nitrogen and oxygen atoms in total. The topological polar surface area (TPSA) is 33.1 Å². The molecule has 3 aliphatic heterocycles. The molecule has 0 saturated carbocycles. The highest BCUT2D eigenvalue weighted by Gasteiger charge is 2.54. The van der Waals surface area contributed by atoms with Crippen molar-refractivity contribution in [3.8, 4) is 0 Å². The normalized spacial score (nSPS) is 28.5. The monoisotopic (exact) mass is 453 g/mol. The van der Waals surface area contributed by atoms with Crippen LogP contribution in [-0.4, -0.2) is 33.7 Å². The van der Waals surface area contributed by atoms with E-state index in [2.05, 4.69) is 29.8 Å². The smallest absolute Gasteiger partial charge is 0.131 e. The maximum absolute atomic E-state index is 11.7. The van der Waals surface area contributed by atoms with Gasteiger partial charge in [-0.25, -0.2) is 0 Å². The fourth-order valence-corrected chi connectivity index (χ4v) is 6.29. The molecule has 3 aromatic rings. The Morgan fingerprint density at radius 1 is 1.16 bits per heavy atom. The molecule has 5 atom stereocenters. The van der Waals surface area contributed by atoms with Crippen LogP contribution in [0.1, 0.15) is 30.1 Å². The van der Waals surface area contributed by atoms with Crippen LogP contribution in [0.15, 0.2) is 67.4 Å². The number of nitrogens with zero attached hydrogens (tertiary/aromatic N) is 2. The quantitative estimate of drug-likeness (QED) is 0.369. The van der Waals surface area contributed by atoms with Crippen molar-refractivity contribution >= 4 is 34.1 Å². The number of halogens is 2. The Bertz CT molecular complexity index is 1130. The first kappa shape index (κ1) is 21.0. The van der Waals surface area contributed by atoms with Gasteiger partial charge in [-0.15, -0.1) is 6.58 Å². The van der Waals surface area contributed by atoms with Gasteiger partial charge in [-0.1, -0.05) is 53.5 Å². The van der Waals surface area contributed by atoms with Crippen LogP contribution in [0.3, 0.4) is 0 Å². The summed E-state index contributed by atoms with van der Waals surface area (Å²) in [4.78, 5) is 4.49. The van der Waals surface area contributed by atoms with Gasteiger partial charge in [0.15, 0.2) is 0 Å². The van der Waals surface area contributed by atoms with E-state index in [-0.39, 0.29) is 6.04 Å². The Morgan fingerprint density at radius 2 is 2.00 bits per heavy atom. The number of pyridine rings is 1. The molecule has 3 aliphatic rings.